The molecule has 2 rings (SSSR count). The Morgan fingerprint density at radius 3 is 2.50 bits per heavy atom. The predicted molar refractivity (Wildman–Crippen MR) is 87.6 cm³/mol. The third kappa shape index (κ3) is 5.60. The van der Waals surface area contributed by atoms with Gasteiger partial charge in [0, 0.05) is 19.1 Å². The Balaban J connectivity index is 0.000000240. The highest BCUT2D eigenvalue weighted by Gasteiger charge is 2.11. The zero-order valence-corrected chi connectivity index (χ0v) is 14.3. The van der Waals surface area contributed by atoms with E-state index in [1.54, 1.807) is 13.0 Å². The Bertz CT molecular complexity index is 844. The van der Waals surface area contributed by atoms with E-state index in [0.29, 0.717) is 12.1 Å². The van der Waals surface area contributed by atoms with Gasteiger partial charge in [-0.2, -0.15) is 4.57 Å². The van der Waals surface area contributed by atoms with E-state index in [4.69, 9.17) is 5.11 Å². The van der Waals surface area contributed by atoms with Gasteiger partial charge in [0.25, 0.3) is 0 Å². The summed E-state index contributed by atoms with van der Waals surface area (Å²) >= 11 is 0. The minimum atomic E-state index is -4.47. The van der Waals surface area contributed by atoms with Gasteiger partial charge in [-0.3, -0.25) is 4.79 Å². The van der Waals surface area contributed by atoms with Crippen LogP contribution in [-0.4, -0.2) is 23.9 Å². The van der Waals surface area contributed by atoms with Gasteiger partial charge in [0.1, 0.15) is 15.9 Å². The fourth-order valence-corrected chi connectivity index (χ4v) is 2.68. The van der Waals surface area contributed by atoms with Crippen LogP contribution in [0.15, 0.2) is 60.1 Å². The summed E-state index contributed by atoms with van der Waals surface area (Å²) in [7, 11) is -4.47. The van der Waals surface area contributed by atoms with Gasteiger partial charge in [-0.05, 0) is 36.8 Å². The molecule has 24 heavy (non-hydrogen) atoms. The standard InChI is InChI=1S/C10H12NO.C7H8O4S/c1-3-7-11-8-5-4-6-10(11)9(2)12;1-5-2-3-6(8)4-7(5)12(9,10)11/h3-6,8H,1,7H2,2H3;2-4,8H,1H3,(H,9,10,11)/q+1;/p-1. The number of phenolic OH excluding ortho intramolecular Hbond substituents is 1. The number of rotatable bonds is 4. The van der Waals surface area contributed by atoms with Crippen LogP contribution in [-0.2, 0) is 16.7 Å². The second-order valence-corrected chi connectivity index (χ2v) is 6.34. The van der Waals surface area contributed by atoms with E-state index in [1.165, 1.54) is 19.1 Å². The maximum absolute atomic E-state index is 11.1. The van der Waals surface area contributed by atoms with Gasteiger partial charge in [-0.25, -0.2) is 8.42 Å². The number of benzene rings is 1. The first-order chi connectivity index (χ1) is 11.2. The fourth-order valence-electron chi connectivity index (χ4n) is 1.95. The van der Waals surface area contributed by atoms with E-state index in [0.717, 1.165) is 11.8 Å². The number of phenols is 1. The number of carbonyl (C=O) groups is 1. The number of hydrogen-bond acceptors (Lipinski definition) is 5. The molecule has 2 aromatic rings. The van der Waals surface area contributed by atoms with Crippen molar-refractivity contribution >= 4 is 15.9 Å². The second kappa shape index (κ2) is 8.37. The average Bonchev–Trinajstić information content (AvgIpc) is 2.50. The predicted octanol–water partition coefficient (Wildman–Crippen LogP) is 1.97. The van der Waals surface area contributed by atoms with E-state index in [1.807, 2.05) is 29.0 Å². The first kappa shape index (κ1) is 19.5. The van der Waals surface area contributed by atoms with Gasteiger partial charge >= 0.3 is 0 Å². The molecule has 1 aromatic carbocycles. The monoisotopic (exact) mass is 349 g/mol. The summed E-state index contributed by atoms with van der Waals surface area (Å²) in [6.45, 7) is 7.36. The number of aromatic hydroxyl groups is 1. The number of aryl methyl sites for hydroxylation is 1. The summed E-state index contributed by atoms with van der Waals surface area (Å²) in [6, 6.07) is 9.21. The van der Waals surface area contributed by atoms with E-state index >= 15 is 0 Å². The van der Waals surface area contributed by atoms with Crippen LogP contribution < -0.4 is 4.57 Å². The molecule has 7 heteroatoms. The van der Waals surface area contributed by atoms with Gasteiger partial charge in [0.2, 0.25) is 11.5 Å². The van der Waals surface area contributed by atoms with Crippen LogP contribution in [0.4, 0.5) is 0 Å². The number of nitrogens with zero attached hydrogens (tertiary/aromatic N) is 1. The summed E-state index contributed by atoms with van der Waals surface area (Å²) in [5, 5.41) is 8.90. The Morgan fingerprint density at radius 1 is 1.33 bits per heavy atom. The van der Waals surface area contributed by atoms with E-state index in [-0.39, 0.29) is 16.4 Å². The highest BCUT2D eigenvalue weighted by atomic mass is 32.2. The third-order valence-electron chi connectivity index (χ3n) is 3.07. The van der Waals surface area contributed by atoms with Crippen molar-refractivity contribution in [1.29, 1.82) is 0 Å². The molecule has 0 amide bonds. The van der Waals surface area contributed by atoms with Crippen molar-refractivity contribution in [2.24, 2.45) is 0 Å². The molecule has 0 unspecified atom stereocenters. The molecule has 0 saturated heterocycles. The molecule has 0 saturated carbocycles. The minimum absolute atomic E-state index is 0.0810. The van der Waals surface area contributed by atoms with Crippen molar-refractivity contribution in [2.45, 2.75) is 25.3 Å². The molecule has 0 atom stereocenters. The molecule has 0 aliphatic carbocycles. The lowest BCUT2D eigenvalue weighted by atomic mass is 10.2. The van der Waals surface area contributed by atoms with Crippen molar-refractivity contribution in [3.05, 3.63) is 66.5 Å². The van der Waals surface area contributed by atoms with E-state index in [9.17, 15) is 17.8 Å². The van der Waals surface area contributed by atoms with Crippen molar-refractivity contribution in [3.63, 3.8) is 0 Å². The summed E-state index contributed by atoms with van der Waals surface area (Å²) in [4.78, 5) is 10.7. The Morgan fingerprint density at radius 2 is 2.00 bits per heavy atom. The number of ketones is 1. The summed E-state index contributed by atoms with van der Waals surface area (Å²) in [6.07, 6.45) is 3.64. The fraction of sp³-hybridized carbons (Fsp3) is 0.176. The van der Waals surface area contributed by atoms with E-state index in [2.05, 4.69) is 6.58 Å². The first-order valence-electron chi connectivity index (χ1n) is 7.02. The third-order valence-corrected chi connectivity index (χ3v) is 4.05. The van der Waals surface area contributed by atoms with Gasteiger partial charge in [-0.1, -0.05) is 12.6 Å². The molecule has 0 radical (unpaired) electrons. The number of allylic oxidation sites excluding steroid dienone is 1. The quantitative estimate of drug-likeness (QED) is 0.394. The molecule has 0 spiro atoms. The topological polar surface area (TPSA) is 98.4 Å². The minimum Gasteiger partial charge on any atom is -0.744 e. The Labute approximate surface area is 141 Å². The van der Waals surface area contributed by atoms with Gasteiger partial charge < -0.3 is 9.66 Å². The van der Waals surface area contributed by atoms with Crippen LogP contribution in [0.2, 0.25) is 0 Å². The zero-order valence-electron chi connectivity index (χ0n) is 13.5. The van der Waals surface area contributed by atoms with Crippen LogP contribution >= 0.6 is 0 Å². The SMILES string of the molecule is C=CC[n+]1ccccc1C(C)=O.Cc1ccc(O)cc1S(=O)(=O)[O-]. The largest absolute Gasteiger partial charge is 0.744 e. The molecule has 6 nitrogen and oxygen atoms in total. The van der Waals surface area contributed by atoms with Crippen LogP contribution in [0.1, 0.15) is 23.0 Å². The normalized spacial score (nSPS) is 10.5. The summed E-state index contributed by atoms with van der Waals surface area (Å²) in [5.41, 5.74) is 1.06. The van der Waals surface area contributed by atoms with Crippen LogP contribution in [0.25, 0.3) is 0 Å². The number of aromatic nitrogens is 1. The average molecular weight is 349 g/mol. The lowest BCUT2D eigenvalue weighted by Gasteiger charge is -2.09. The van der Waals surface area contributed by atoms with Gasteiger partial charge in [0.05, 0.1) is 4.90 Å². The molecule has 0 bridgehead atoms. The lowest BCUT2D eigenvalue weighted by Crippen LogP contribution is -2.38. The molecule has 128 valence electrons. The first-order valence-corrected chi connectivity index (χ1v) is 8.43. The van der Waals surface area contributed by atoms with Crippen molar-refractivity contribution < 1.29 is 27.4 Å². The maximum atomic E-state index is 11.1. The number of hydrogen-bond donors (Lipinski definition) is 1. The summed E-state index contributed by atoms with van der Waals surface area (Å²) in [5.74, 6) is -0.146. The van der Waals surface area contributed by atoms with Crippen molar-refractivity contribution in [1.82, 2.24) is 0 Å². The number of carbonyl (C=O) groups excluding carboxylic acids is 1. The van der Waals surface area contributed by atoms with Gasteiger partial charge in [0.15, 0.2) is 12.7 Å². The summed E-state index contributed by atoms with van der Waals surface area (Å²) < 4.78 is 33.5. The Kier molecular flexibility index (Phi) is 6.82. The molecule has 0 fully saturated rings. The molecular formula is C17H19NO5S. The highest BCUT2D eigenvalue weighted by Crippen LogP contribution is 2.19. The number of Topliss-reactive ketones (excluding diaryl/α,β-unsaturated/α-hetero) is 1. The number of pyridine rings is 1. The second-order valence-electron chi connectivity index (χ2n) is 4.99. The molecular weight excluding hydrogens is 330 g/mol. The molecule has 1 heterocycles. The lowest BCUT2D eigenvalue weighted by molar-refractivity contribution is -0.688. The van der Waals surface area contributed by atoms with Gasteiger partial charge in [-0.15, -0.1) is 0 Å². The van der Waals surface area contributed by atoms with Crippen LogP contribution in [0.5, 0.6) is 5.75 Å². The maximum Gasteiger partial charge on any atom is 0.248 e. The van der Waals surface area contributed by atoms with E-state index < -0.39 is 10.1 Å². The molecule has 1 aromatic heterocycles. The smallest absolute Gasteiger partial charge is 0.248 e. The van der Waals surface area contributed by atoms with Crippen LogP contribution in [0, 0.1) is 6.92 Å². The molecule has 0 aliphatic heterocycles. The highest BCUT2D eigenvalue weighted by molar-refractivity contribution is 7.85. The Hall–Kier alpha value is -2.51. The van der Waals surface area contributed by atoms with Crippen molar-refractivity contribution in [3.8, 4) is 5.75 Å². The molecule has 1 N–H and O–H groups in total. The molecule has 0 aliphatic rings. The van der Waals surface area contributed by atoms with Crippen molar-refractivity contribution in [2.75, 3.05) is 0 Å². The zero-order chi connectivity index (χ0) is 18.3. The van der Waals surface area contributed by atoms with Crippen LogP contribution in [0.3, 0.4) is 0 Å².